The van der Waals surface area contributed by atoms with E-state index >= 15 is 0 Å². The Morgan fingerprint density at radius 1 is 1.32 bits per heavy atom. The van der Waals surface area contributed by atoms with Crippen molar-refractivity contribution in [3.8, 4) is 23.6 Å². The smallest absolute Gasteiger partial charge is 0.407 e. The second-order valence-corrected chi connectivity index (χ2v) is 8.95. The highest BCUT2D eigenvalue weighted by molar-refractivity contribution is 5.86. The molecule has 0 bridgehead atoms. The zero-order valence-corrected chi connectivity index (χ0v) is 18.1. The van der Waals surface area contributed by atoms with Crippen molar-refractivity contribution in [2.75, 3.05) is 13.7 Å². The van der Waals surface area contributed by atoms with Gasteiger partial charge in [-0.2, -0.15) is 0 Å². The monoisotopic (exact) mass is 420 g/mol. The molecule has 0 radical (unpaired) electrons. The summed E-state index contributed by atoms with van der Waals surface area (Å²) < 4.78 is 4.73. The molecule has 1 aliphatic heterocycles. The third-order valence-electron chi connectivity index (χ3n) is 6.41. The first-order valence-corrected chi connectivity index (χ1v) is 10.6. The highest BCUT2D eigenvalue weighted by Gasteiger charge is 2.55. The van der Waals surface area contributed by atoms with E-state index in [1.807, 2.05) is 43.0 Å². The molecule has 2 N–H and O–H groups in total. The Morgan fingerprint density at radius 2 is 2.03 bits per heavy atom. The molecule has 1 aromatic heterocycles. The molecule has 2 aromatic rings. The number of hydrogen-bond donors (Lipinski definition) is 2. The predicted octanol–water partition coefficient (Wildman–Crippen LogP) is 3.49. The van der Waals surface area contributed by atoms with Gasteiger partial charge in [0.05, 0.1) is 25.0 Å². The third-order valence-corrected chi connectivity index (χ3v) is 6.41. The van der Waals surface area contributed by atoms with Gasteiger partial charge in [0.1, 0.15) is 11.9 Å². The van der Waals surface area contributed by atoms with Crippen LogP contribution in [0.4, 0.5) is 4.79 Å². The fourth-order valence-corrected chi connectivity index (χ4v) is 4.35. The summed E-state index contributed by atoms with van der Waals surface area (Å²) in [5, 5.41) is 2.71. The van der Waals surface area contributed by atoms with Crippen molar-refractivity contribution in [2.24, 2.45) is 11.3 Å². The molecule has 1 saturated heterocycles. The number of aromatic amines is 1. The molecule has 7 heteroatoms. The fourth-order valence-electron chi connectivity index (χ4n) is 4.35. The van der Waals surface area contributed by atoms with Crippen LogP contribution in [0.3, 0.4) is 0 Å². The number of hydrogen-bond acceptors (Lipinski definition) is 4. The Morgan fingerprint density at radius 3 is 2.61 bits per heavy atom. The maximum atomic E-state index is 13.5. The molecule has 2 aliphatic rings. The van der Waals surface area contributed by atoms with E-state index < -0.39 is 12.1 Å². The quantitative estimate of drug-likeness (QED) is 0.725. The van der Waals surface area contributed by atoms with Crippen LogP contribution in [0.2, 0.25) is 0 Å². The molecule has 2 fully saturated rings. The molecule has 7 nitrogen and oxygen atoms in total. The van der Waals surface area contributed by atoms with E-state index in [1.165, 1.54) is 7.11 Å². The Balaban J connectivity index is 1.59. The molecule has 2 heterocycles. The number of ether oxygens (including phenoxy) is 1. The van der Waals surface area contributed by atoms with Crippen LogP contribution < -0.4 is 5.32 Å². The first kappa shape index (κ1) is 21.0. The molecule has 0 unspecified atom stereocenters. The number of terminal acetylenes is 1. The minimum absolute atomic E-state index is 0.0650. The summed E-state index contributed by atoms with van der Waals surface area (Å²) >= 11 is 0. The van der Waals surface area contributed by atoms with Gasteiger partial charge in [0.2, 0.25) is 5.91 Å². The minimum Gasteiger partial charge on any atom is -0.453 e. The molecule has 1 aromatic carbocycles. The molecule has 1 spiro atoms. The van der Waals surface area contributed by atoms with E-state index in [-0.39, 0.29) is 23.3 Å². The summed E-state index contributed by atoms with van der Waals surface area (Å²) in [6, 6.07) is 6.92. The minimum atomic E-state index is -0.644. The molecule has 4 rings (SSSR count). The van der Waals surface area contributed by atoms with E-state index in [1.54, 1.807) is 6.20 Å². The number of methoxy groups -OCH3 is 1. The average molecular weight is 421 g/mol. The number of H-pyrrole nitrogens is 1. The van der Waals surface area contributed by atoms with Gasteiger partial charge in [0, 0.05) is 12.1 Å². The number of carbonyl (C=O) groups excluding carboxylic acids is 2. The SMILES string of the molecule is C#Cc1ccc(-c2cnc([C@@H]3CC4(CC4)CN3C(=O)[C@@H](NC(=O)OC)C(C)C)[nH]2)cc1. The van der Waals surface area contributed by atoms with Crippen LogP contribution >= 0.6 is 0 Å². The normalized spacial score (nSPS) is 19.8. The van der Waals surface area contributed by atoms with Crippen LogP contribution in [-0.2, 0) is 9.53 Å². The Hall–Kier alpha value is -3.27. The van der Waals surface area contributed by atoms with Crippen molar-refractivity contribution in [1.82, 2.24) is 20.2 Å². The lowest BCUT2D eigenvalue weighted by Gasteiger charge is -2.30. The first-order valence-electron chi connectivity index (χ1n) is 10.6. The van der Waals surface area contributed by atoms with E-state index in [4.69, 9.17) is 11.2 Å². The number of benzene rings is 1. The van der Waals surface area contributed by atoms with E-state index in [0.717, 1.165) is 41.9 Å². The van der Waals surface area contributed by atoms with Crippen molar-refractivity contribution >= 4 is 12.0 Å². The van der Waals surface area contributed by atoms with E-state index in [2.05, 4.69) is 21.2 Å². The first-order chi connectivity index (χ1) is 14.9. The molecule has 2 atom stereocenters. The molecule has 31 heavy (non-hydrogen) atoms. The van der Waals surface area contributed by atoms with Crippen LogP contribution in [-0.4, -0.2) is 46.6 Å². The predicted molar refractivity (Wildman–Crippen MR) is 117 cm³/mol. The van der Waals surface area contributed by atoms with Gasteiger partial charge in [-0.15, -0.1) is 6.42 Å². The van der Waals surface area contributed by atoms with Gasteiger partial charge in [-0.05, 0) is 48.3 Å². The lowest BCUT2D eigenvalue weighted by molar-refractivity contribution is -0.135. The molecule has 2 amide bonds. The standard InChI is InChI=1S/C24H28N4O3/c1-5-16-6-8-17(9-7-16)18-13-25-21(26-18)19-12-24(10-11-24)14-28(19)22(29)20(15(2)3)27-23(30)31-4/h1,6-9,13,15,19-20H,10-12,14H2,2-4H3,(H,25,26)(H,27,30)/t19-,20-/m0/s1. The zero-order chi connectivity index (χ0) is 22.2. The Bertz CT molecular complexity index is 1010. The maximum absolute atomic E-state index is 13.5. The summed E-state index contributed by atoms with van der Waals surface area (Å²) in [4.78, 5) is 35.2. The lowest BCUT2D eigenvalue weighted by atomic mass is 10.0. The van der Waals surface area contributed by atoms with Gasteiger partial charge in [-0.3, -0.25) is 4.79 Å². The van der Waals surface area contributed by atoms with Crippen LogP contribution in [0.15, 0.2) is 30.5 Å². The van der Waals surface area contributed by atoms with Crippen molar-refractivity contribution in [3.05, 3.63) is 41.9 Å². The second kappa shape index (κ2) is 8.10. The van der Waals surface area contributed by atoms with Crippen LogP contribution in [0.25, 0.3) is 11.3 Å². The number of likely N-dealkylation sites (tertiary alicyclic amines) is 1. The van der Waals surface area contributed by atoms with Crippen molar-refractivity contribution < 1.29 is 14.3 Å². The van der Waals surface area contributed by atoms with Crippen molar-refractivity contribution in [1.29, 1.82) is 0 Å². The number of alkyl carbamates (subject to hydrolysis) is 1. The van der Waals surface area contributed by atoms with Gasteiger partial charge < -0.3 is 19.9 Å². The summed E-state index contributed by atoms with van der Waals surface area (Å²) in [5.41, 5.74) is 2.87. The zero-order valence-electron chi connectivity index (χ0n) is 18.1. The van der Waals surface area contributed by atoms with Gasteiger partial charge in [0.25, 0.3) is 0 Å². The summed E-state index contributed by atoms with van der Waals surface area (Å²) in [7, 11) is 1.30. The highest BCUT2D eigenvalue weighted by atomic mass is 16.5. The molecule has 162 valence electrons. The number of imidazole rings is 1. The van der Waals surface area contributed by atoms with Crippen molar-refractivity contribution in [3.63, 3.8) is 0 Å². The van der Waals surface area contributed by atoms with Gasteiger partial charge in [0.15, 0.2) is 0 Å². The lowest BCUT2D eigenvalue weighted by Crippen LogP contribution is -2.51. The van der Waals surface area contributed by atoms with Crippen molar-refractivity contribution in [2.45, 2.75) is 45.2 Å². The van der Waals surface area contributed by atoms with Gasteiger partial charge in [-0.1, -0.05) is 31.9 Å². The number of carbonyl (C=O) groups is 2. The molecule has 1 aliphatic carbocycles. The maximum Gasteiger partial charge on any atom is 0.407 e. The molecular weight excluding hydrogens is 392 g/mol. The summed E-state index contributed by atoms with van der Waals surface area (Å²) in [5.74, 6) is 3.23. The topological polar surface area (TPSA) is 87.3 Å². The third kappa shape index (κ3) is 4.15. The Labute approximate surface area is 182 Å². The highest BCUT2D eigenvalue weighted by Crippen LogP contribution is 2.58. The number of amides is 2. The van der Waals surface area contributed by atoms with Crippen LogP contribution in [0, 0.1) is 23.7 Å². The number of nitrogens with one attached hydrogen (secondary N) is 2. The molecular formula is C24H28N4O3. The molecule has 1 saturated carbocycles. The summed E-state index contributed by atoms with van der Waals surface area (Å²) in [6.07, 6.45) is 9.76. The van der Waals surface area contributed by atoms with Crippen LogP contribution in [0.1, 0.15) is 50.5 Å². The van der Waals surface area contributed by atoms with E-state index in [0.29, 0.717) is 6.54 Å². The average Bonchev–Trinajstić information content (AvgIpc) is 3.18. The van der Waals surface area contributed by atoms with Gasteiger partial charge in [-0.25, -0.2) is 9.78 Å². The van der Waals surface area contributed by atoms with E-state index in [9.17, 15) is 9.59 Å². The number of rotatable bonds is 5. The van der Waals surface area contributed by atoms with Gasteiger partial charge >= 0.3 is 6.09 Å². The fraction of sp³-hybridized carbons (Fsp3) is 0.458. The largest absolute Gasteiger partial charge is 0.453 e. The number of nitrogens with zero attached hydrogens (tertiary/aromatic N) is 2. The Kier molecular flexibility index (Phi) is 5.48. The van der Waals surface area contributed by atoms with Crippen LogP contribution in [0.5, 0.6) is 0 Å². The second-order valence-electron chi connectivity index (χ2n) is 8.95. The summed E-state index contributed by atoms with van der Waals surface area (Å²) in [6.45, 7) is 4.53. The number of aromatic nitrogens is 2.